The molecule has 0 aliphatic carbocycles. The molecular weight excluding hydrogens is 206 g/mol. The zero-order valence-corrected chi connectivity index (χ0v) is 10.5. The van der Waals surface area contributed by atoms with Crippen LogP contribution in [0.3, 0.4) is 0 Å². The Bertz CT molecular complexity index is 160. The average molecular weight is 231 g/mol. The van der Waals surface area contributed by atoms with Crippen molar-refractivity contribution in [3.63, 3.8) is 0 Å². The summed E-state index contributed by atoms with van der Waals surface area (Å²) in [5, 5.41) is 3.48. The van der Waals surface area contributed by atoms with Crippen LogP contribution >= 0.6 is 0 Å². The molecule has 16 heavy (non-hydrogen) atoms. The van der Waals surface area contributed by atoms with Gasteiger partial charge in [-0.2, -0.15) is 0 Å². The van der Waals surface area contributed by atoms with Crippen LogP contribution in [-0.2, 0) is 14.2 Å². The van der Waals surface area contributed by atoms with Crippen molar-refractivity contribution in [2.24, 2.45) is 5.92 Å². The van der Waals surface area contributed by atoms with E-state index in [0.717, 1.165) is 26.4 Å². The summed E-state index contributed by atoms with van der Waals surface area (Å²) in [6, 6.07) is 0.419. The third-order valence-corrected chi connectivity index (χ3v) is 2.96. The van der Waals surface area contributed by atoms with Gasteiger partial charge in [-0.15, -0.1) is 0 Å². The van der Waals surface area contributed by atoms with Crippen molar-refractivity contribution in [2.75, 3.05) is 46.7 Å². The zero-order valence-electron chi connectivity index (χ0n) is 10.5. The van der Waals surface area contributed by atoms with E-state index in [-0.39, 0.29) is 0 Å². The van der Waals surface area contributed by atoms with Gasteiger partial charge < -0.3 is 19.5 Å². The highest BCUT2D eigenvalue weighted by atomic mass is 16.5. The van der Waals surface area contributed by atoms with E-state index >= 15 is 0 Å². The second kappa shape index (κ2) is 8.93. The molecule has 1 aliphatic rings. The van der Waals surface area contributed by atoms with Crippen molar-refractivity contribution in [3.05, 3.63) is 0 Å². The van der Waals surface area contributed by atoms with Crippen LogP contribution in [0.5, 0.6) is 0 Å². The van der Waals surface area contributed by atoms with Gasteiger partial charge in [0.25, 0.3) is 0 Å². The van der Waals surface area contributed by atoms with Gasteiger partial charge in [-0.05, 0) is 25.3 Å². The SMILES string of the molecule is CCNC(COCCOC)C1CCCOC1. The fraction of sp³-hybridized carbons (Fsp3) is 1.00. The van der Waals surface area contributed by atoms with Gasteiger partial charge in [0.1, 0.15) is 0 Å². The van der Waals surface area contributed by atoms with Crippen LogP contribution < -0.4 is 5.32 Å². The third-order valence-electron chi connectivity index (χ3n) is 2.96. The summed E-state index contributed by atoms with van der Waals surface area (Å²) < 4.78 is 16.1. The summed E-state index contributed by atoms with van der Waals surface area (Å²) in [4.78, 5) is 0. The lowest BCUT2D eigenvalue weighted by Crippen LogP contribution is -2.43. The molecule has 0 bridgehead atoms. The minimum Gasteiger partial charge on any atom is -0.382 e. The molecule has 2 unspecified atom stereocenters. The summed E-state index contributed by atoms with van der Waals surface area (Å²) in [6.07, 6.45) is 2.41. The summed E-state index contributed by atoms with van der Waals surface area (Å²) in [5.41, 5.74) is 0. The second-order valence-electron chi connectivity index (χ2n) is 4.21. The lowest BCUT2D eigenvalue weighted by Gasteiger charge is -2.30. The van der Waals surface area contributed by atoms with Gasteiger partial charge in [-0.3, -0.25) is 0 Å². The van der Waals surface area contributed by atoms with Crippen LogP contribution in [0.2, 0.25) is 0 Å². The maximum atomic E-state index is 5.60. The Morgan fingerprint density at radius 3 is 2.94 bits per heavy atom. The molecule has 0 aromatic heterocycles. The van der Waals surface area contributed by atoms with E-state index in [9.17, 15) is 0 Å². The lowest BCUT2D eigenvalue weighted by atomic mass is 9.94. The van der Waals surface area contributed by atoms with Gasteiger partial charge in [0.05, 0.1) is 26.4 Å². The minimum absolute atomic E-state index is 0.419. The van der Waals surface area contributed by atoms with E-state index in [1.807, 2.05) is 0 Å². The molecule has 0 aromatic carbocycles. The van der Waals surface area contributed by atoms with Crippen molar-refractivity contribution in [1.29, 1.82) is 0 Å². The monoisotopic (exact) mass is 231 g/mol. The van der Waals surface area contributed by atoms with Crippen LogP contribution in [0.4, 0.5) is 0 Å². The van der Waals surface area contributed by atoms with Crippen molar-refractivity contribution in [1.82, 2.24) is 5.32 Å². The second-order valence-corrected chi connectivity index (χ2v) is 4.21. The maximum Gasteiger partial charge on any atom is 0.0701 e. The van der Waals surface area contributed by atoms with Crippen molar-refractivity contribution in [3.8, 4) is 0 Å². The summed E-state index contributed by atoms with van der Waals surface area (Å²) >= 11 is 0. The molecule has 1 saturated heterocycles. The van der Waals surface area contributed by atoms with Crippen molar-refractivity contribution >= 4 is 0 Å². The van der Waals surface area contributed by atoms with Crippen LogP contribution in [0.1, 0.15) is 19.8 Å². The van der Waals surface area contributed by atoms with Gasteiger partial charge in [-0.1, -0.05) is 6.92 Å². The molecule has 0 amide bonds. The molecule has 1 heterocycles. The summed E-state index contributed by atoms with van der Waals surface area (Å²) in [7, 11) is 1.69. The molecule has 0 spiro atoms. The quantitative estimate of drug-likeness (QED) is 0.634. The molecule has 1 N–H and O–H groups in total. The number of ether oxygens (including phenoxy) is 3. The Labute approximate surface area is 98.6 Å². The van der Waals surface area contributed by atoms with E-state index in [1.54, 1.807) is 7.11 Å². The Balaban J connectivity index is 2.22. The number of hydrogen-bond donors (Lipinski definition) is 1. The Morgan fingerprint density at radius 2 is 2.31 bits per heavy atom. The van der Waals surface area contributed by atoms with Crippen LogP contribution in [0, 0.1) is 5.92 Å². The number of nitrogens with one attached hydrogen (secondary N) is 1. The van der Waals surface area contributed by atoms with E-state index in [0.29, 0.717) is 25.2 Å². The molecular formula is C12H25NO3. The highest BCUT2D eigenvalue weighted by molar-refractivity contribution is 4.77. The maximum absolute atomic E-state index is 5.60. The predicted molar refractivity (Wildman–Crippen MR) is 63.7 cm³/mol. The molecule has 2 atom stereocenters. The fourth-order valence-corrected chi connectivity index (χ4v) is 2.06. The Hall–Kier alpha value is -0.160. The number of rotatable bonds is 8. The Kier molecular flexibility index (Phi) is 7.76. The predicted octanol–water partition coefficient (Wildman–Crippen LogP) is 1.05. The summed E-state index contributed by atoms with van der Waals surface area (Å²) in [5.74, 6) is 0.594. The van der Waals surface area contributed by atoms with Crippen LogP contribution in [0.15, 0.2) is 0 Å². The zero-order chi connectivity index (χ0) is 11.6. The van der Waals surface area contributed by atoms with E-state index < -0.39 is 0 Å². The standard InChI is InChI=1S/C12H25NO3/c1-3-13-12(10-16-8-7-14-2)11-5-4-6-15-9-11/h11-13H,3-10H2,1-2H3. The highest BCUT2D eigenvalue weighted by Crippen LogP contribution is 2.17. The van der Waals surface area contributed by atoms with Gasteiger partial charge in [0.15, 0.2) is 0 Å². The average Bonchev–Trinajstić information content (AvgIpc) is 2.34. The van der Waals surface area contributed by atoms with Gasteiger partial charge in [0, 0.05) is 19.8 Å². The summed E-state index contributed by atoms with van der Waals surface area (Å²) in [6.45, 7) is 6.99. The first-order valence-electron chi connectivity index (χ1n) is 6.26. The molecule has 1 rings (SSSR count). The molecule has 4 heteroatoms. The van der Waals surface area contributed by atoms with Gasteiger partial charge in [0.2, 0.25) is 0 Å². The van der Waals surface area contributed by atoms with Gasteiger partial charge in [-0.25, -0.2) is 0 Å². The molecule has 1 fully saturated rings. The van der Waals surface area contributed by atoms with E-state index in [1.165, 1.54) is 12.8 Å². The third kappa shape index (κ3) is 5.25. The van der Waals surface area contributed by atoms with Crippen LogP contribution in [-0.4, -0.2) is 52.7 Å². The molecule has 96 valence electrons. The van der Waals surface area contributed by atoms with Crippen molar-refractivity contribution < 1.29 is 14.2 Å². The molecule has 0 saturated carbocycles. The topological polar surface area (TPSA) is 39.7 Å². The lowest BCUT2D eigenvalue weighted by molar-refractivity contribution is 0.00565. The first kappa shape index (κ1) is 13.9. The van der Waals surface area contributed by atoms with E-state index in [4.69, 9.17) is 14.2 Å². The number of methoxy groups -OCH3 is 1. The molecule has 0 radical (unpaired) electrons. The molecule has 4 nitrogen and oxygen atoms in total. The first-order valence-corrected chi connectivity index (χ1v) is 6.26. The number of likely N-dealkylation sites (N-methyl/N-ethyl adjacent to an activating group) is 1. The first-order chi connectivity index (χ1) is 7.88. The van der Waals surface area contributed by atoms with Crippen molar-refractivity contribution in [2.45, 2.75) is 25.8 Å². The van der Waals surface area contributed by atoms with Gasteiger partial charge >= 0.3 is 0 Å². The Morgan fingerprint density at radius 1 is 1.44 bits per heavy atom. The number of hydrogen-bond acceptors (Lipinski definition) is 4. The minimum atomic E-state index is 0.419. The highest BCUT2D eigenvalue weighted by Gasteiger charge is 2.23. The fourth-order valence-electron chi connectivity index (χ4n) is 2.06. The largest absolute Gasteiger partial charge is 0.382 e. The molecule has 0 aromatic rings. The normalized spacial score (nSPS) is 23.2. The molecule has 1 aliphatic heterocycles. The van der Waals surface area contributed by atoms with Crippen LogP contribution in [0.25, 0.3) is 0 Å². The van der Waals surface area contributed by atoms with E-state index in [2.05, 4.69) is 12.2 Å². The smallest absolute Gasteiger partial charge is 0.0701 e.